The van der Waals surface area contributed by atoms with Crippen LogP contribution >= 0.6 is 11.8 Å². The van der Waals surface area contributed by atoms with Crippen LogP contribution in [-0.4, -0.2) is 31.4 Å². The topological polar surface area (TPSA) is 38.3 Å². The number of benzene rings is 1. The molecule has 0 bridgehead atoms. The molecule has 2 rings (SSSR count). The van der Waals surface area contributed by atoms with Crippen molar-refractivity contribution in [3.05, 3.63) is 29.8 Å². The molecule has 0 spiro atoms. The Hall–Kier alpha value is -1.14. The Morgan fingerprint density at radius 2 is 2.16 bits per heavy atom. The molecule has 0 unspecified atom stereocenters. The maximum absolute atomic E-state index is 12.4. The van der Waals surface area contributed by atoms with Gasteiger partial charge in [-0.15, -0.1) is 0 Å². The van der Waals surface area contributed by atoms with Gasteiger partial charge in [-0.2, -0.15) is 8.78 Å². The molecule has 0 atom stereocenters. The van der Waals surface area contributed by atoms with E-state index in [-0.39, 0.29) is 16.9 Å². The Morgan fingerprint density at radius 1 is 1.47 bits per heavy atom. The number of hydrogen-bond acceptors (Lipinski definition) is 3. The Kier molecular flexibility index (Phi) is 4.42. The van der Waals surface area contributed by atoms with E-state index in [4.69, 9.17) is 4.74 Å². The predicted octanol–water partition coefficient (Wildman–Crippen LogP) is 2.77. The van der Waals surface area contributed by atoms with Crippen molar-refractivity contribution in [1.82, 2.24) is 5.32 Å². The van der Waals surface area contributed by atoms with E-state index in [9.17, 15) is 13.6 Å². The molecular formula is C13H15F2NO2S. The second kappa shape index (κ2) is 5.88. The number of nitrogens with one attached hydrogen (secondary N) is 1. The molecule has 104 valence electrons. The minimum Gasteiger partial charge on any atom is -0.380 e. The molecule has 1 N–H and O–H groups in total. The maximum atomic E-state index is 12.4. The number of ether oxygens (including phenoxy) is 1. The summed E-state index contributed by atoms with van der Waals surface area (Å²) in [5.41, 5.74) is 0.247. The van der Waals surface area contributed by atoms with Gasteiger partial charge in [0.2, 0.25) is 0 Å². The molecule has 0 aliphatic carbocycles. The number of halogens is 2. The van der Waals surface area contributed by atoms with Crippen LogP contribution in [-0.2, 0) is 4.74 Å². The number of rotatable bonds is 5. The molecule has 0 radical (unpaired) electrons. The highest BCUT2D eigenvalue weighted by Crippen LogP contribution is 2.29. The lowest BCUT2D eigenvalue weighted by atomic mass is 9.88. The van der Waals surface area contributed by atoms with Gasteiger partial charge >= 0.3 is 0 Å². The first-order chi connectivity index (χ1) is 9.00. The second-order valence-electron chi connectivity index (χ2n) is 4.86. The first-order valence-corrected chi connectivity index (χ1v) is 6.78. The molecule has 1 aromatic carbocycles. The molecule has 19 heavy (non-hydrogen) atoms. The zero-order chi connectivity index (χ0) is 13.9. The third-order valence-electron chi connectivity index (χ3n) is 2.92. The van der Waals surface area contributed by atoms with Gasteiger partial charge in [-0.25, -0.2) is 0 Å². The smallest absolute Gasteiger partial charge is 0.288 e. The largest absolute Gasteiger partial charge is 0.380 e. The monoisotopic (exact) mass is 287 g/mol. The van der Waals surface area contributed by atoms with Gasteiger partial charge in [0.1, 0.15) is 0 Å². The Labute approximate surface area is 114 Å². The minimum atomic E-state index is -2.54. The summed E-state index contributed by atoms with van der Waals surface area (Å²) in [7, 11) is 0. The van der Waals surface area contributed by atoms with Crippen LogP contribution in [0.2, 0.25) is 0 Å². The minimum absolute atomic E-state index is 0.0412. The van der Waals surface area contributed by atoms with Crippen LogP contribution in [0.5, 0.6) is 0 Å². The van der Waals surface area contributed by atoms with Crippen molar-refractivity contribution in [1.29, 1.82) is 0 Å². The maximum Gasteiger partial charge on any atom is 0.288 e. The highest BCUT2D eigenvalue weighted by molar-refractivity contribution is 7.99. The average molecular weight is 287 g/mol. The van der Waals surface area contributed by atoms with Crippen LogP contribution in [0.1, 0.15) is 17.3 Å². The van der Waals surface area contributed by atoms with Crippen LogP contribution in [0, 0.1) is 5.41 Å². The summed E-state index contributed by atoms with van der Waals surface area (Å²) in [5, 5.41) is 2.78. The summed E-state index contributed by atoms with van der Waals surface area (Å²) in [6.07, 6.45) is 0. The van der Waals surface area contributed by atoms with Crippen molar-refractivity contribution in [2.75, 3.05) is 19.8 Å². The molecule has 3 nitrogen and oxygen atoms in total. The van der Waals surface area contributed by atoms with E-state index in [0.717, 1.165) is 0 Å². The molecule has 1 amide bonds. The van der Waals surface area contributed by atoms with Gasteiger partial charge in [0.05, 0.1) is 18.8 Å². The molecular weight excluding hydrogens is 272 g/mol. The van der Waals surface area contributed by atoms with Gasteiger partial charge in [0.25, 0.3) is 11.7 Å². The predicted molar refractivity (Wildman–Crippen MR) is 69.6 cm³/mol. The van der Waals surface area contributed by atoms with Crippen molar-refractivity contribution >= 4 is 17.7 Å². The lowest BCUT2D eigenvalue weighted by Crippen LogP contribution is -2.48. The summed E-state index contributed by atoms with van der Waals surface area (Å²) in [4.78, 5) is 12.3. The van der Waals surface area contributed by atoms with E-state index < -0.39 is 5.76 Å². The summed E-state index contributed by atoms with van der Waals surface area (Å²) in [6, 6.07) is 6.39. The number of carbonyl (C=O) groups excluding carboxylic acids is 1. The quantitative estimate of drug-likeness (QED) is 0.846. The van der Waals surface area contributed by atoms with Crippen LogP contribution < -0.4 is 5.32 Å². The molecule has 1 aliphatic rings. The van der Waals surface area contributed by atoms with E-state index in [2.05, 4.69) is 5.32 Å². The number of alkyl halides is 2. The number of thioether (sulfide) groups is 1. The standard InChI is InChI=1S/C13H15F2NO2S/c1-13(7-18-8-13)6-16-11(17)9-4-2-3-5-10(9)19-12(14)15/h2-5,12H,6-8H2,1H3,(H,16,17). The lowest BCUT2D eigenvalue weighted by Gasteiger charge is -2.38. The van der Waals surface area contributed by atoms with E-state index in [1.807, 2.05) is 6.92 Å². The van der Waals surface area contributed by atoms with Gasteiger partial charge in [0.15, 0.2) is 0 Å². The summed E-state index contributed by atoms with van der Waals surface area (Å²) >= 11 is 0.388. The van der Waals surface area contributed by atoms with E-state index in [0.29, 0.717) is 36.4 Å². The first-order valence-electron chi connectivity index (χ1n) is 5.90. The number of amides is 1. The molecule has 1 heterocycles. The normalized spacial score (nSPS) is 17.1. The van der Waals surface area contributed by atoms with Crippen molar-refractivity contribution in [3.63, 3.8) is 0 Å². The third kappa shape index (κ3) is 3.67. The average Bonchev–Trinajstić information content (AvgIpc) is 2.33. The number of carbonyl (C=O) groups is 1. The van der Waals surface area contributed by atoms with Crippen LogP contribution in [0.25, 0.3) is 0 Å². The Balaban J connectivity index is 2.01. The SMILES string of the molecule is CC1(CNC(=O)c2ccccc2SC(F)F)COC1. The Bertz CT molecular complexity index is 464. The fourth-order valence-corrected chi connectivity index (χ4v) is 2.43. The van der Waals surface area contributed by atoms with Crippen molar-refractivity contribution < 1.29 is 18.3 Å². The first kappa shape index (κ1) is 14.3. The summed E-state index contributed by atoms with van der Waals surface area (Å²) in [5.74, 6) is -2.86. The molecule has 1 aliphatic heterocycles. The summed E-state index contributed by atoms with van der Waals surface area (Å²) < 4.78 is 29.9. The van der Waals surface area contributed by atoms with Gasteiger partial charge in [-0.05, 0) is 12.1 Å². The highest BCUT2D eigenvalue weighted by Gasteiger charge is 2.33. The molecule has 1 aromatic rings. The second-order valence-corrected chi connectivity index (χ2v) is 5.89. The summed E-state index contributed by atoms with van der Waals surface area (Å²) in [6.45, 7) is 3.72. The van der Waals surface area contributed by atoms with E-state index in [1.54, 1.807) is 18.2 Å². The van der Waals surface area contributed by atoms with Crippen molar-refractivity contribution in [2.24, 2.45) is 5.41 Å². The fraction of sp³-hybridized carbons (Fsp3) is 0.462. The van der Waals surface area contributed by atoms with E-state index in [1.165, 1.54) is 6.07 Å². The zero-order valence-corrected chi connectivity index (χ0v) is 11.3. The lowest BCUT2D eigenvalue weighted by molar-refractivity contribution is -0.0978. The van der Waals surface area contributed by atoms with Crippen LogP contribution in [0.4, 0.5) is 8.78 Å². The van der Waals surface area contributed by atoms with E-state index >= 15 is 0 Å². The highest BCUT2D eigenvalue weighted by atomic mass is 32.2. The number of hydrogen-bond donors (Lipinski definition) is 1. The Morgan fingerprint density at radius 3 is 2.74 bits per heavy atom. The van der Waals surface area contributed by atoms with Crippen molar-refractivity contribution in [3.8, 4) is 0 Å². The molecule has 0 saturated carbocycles. The fourth-order valence-electron chi connectivity index (χ4n) is 1.79. The van der Waals surface area contributed by atoms with Gasteiger partial charge < -0.3 is 10.1 Å². The van der Waals surface area contributed by atoms with Gasteiger partial charge in [-0.3, -0.25) is 4.79 Å². The van der Waals surface area contributed by atoms with Gasteiger partial charge in [0, 0.05) is 16.9 Å². The molecule has 6 heteroatoms. The molecule has 1 saturated heterocycles. The van der Waals surface area contributed by atoms with Crippen LogP contribution in [0.3, 0.4) is 0 Å². The zero-order valence-electron chi connectivity index (χ0n) is 10.5. The van der Waals surface area contributed by atoms with Gasteiger partial charge in [-0.1, -0.05) is 30.8 Å². The molecule has 0 aromatic heterocycles. The van der Waals surface area contributed by atoms with Crippen molar-refractivity contribution in [2.45, 2.75) is 17.6 Å². The van der Waals surface area contributed by atoms with Crippen LogP contribution in [0.15, 0.2) is 29.2 Å². The molecule has 1 fully saturated rings. The third-order valence-corrected chi connectivity index (χ3v) is 3.71.